The molecule has 0 aliphatic rings. The molecule has 0 aliphatic carbocycles. The van der Waals surface area contributed by atoms with Crippen molar-refractivity contribution in [1.29, 1.82) is 0 Å². The van der Waals surface area contributed by atoms with Crippen molar-refractivity contribution >= 4 is 34.0 Å². The fraction of sp³-hybridized carbons (Fsp3) is 0. The zero-order valence-electron chi connectivity index (χ0n) is 20.3. The second-order valence-corrected chi connectivity index (χ2v) is 8.65. The van der Waals surface area contributed by atoms with Crippen LogP contribution in [0.2, 0.25) is 0 Å². The van der Waals surface area contributed by atoms with Crippen LogP contribution in [0.15, 0.2) is 72.8 Å². The molecule has 0 saturated heterocycles. The first-order valence-electron chi connectivity index (χ1n) is 11.6. The van der Waals surface area contributed by atoms with E-state index < -0.39 is 11.9 Å². The minimum absolute atomic E-state index is 0.0458. The number of carboxylic acids is 2. The Balaban J connectivity index is 0.000000161. The third-order valence-electron chi connectivity index (χ3n) is 5.93. The quantitative estimate of drug-likeness (QED) is 0.155. The molecule has 0 fully saturated rings. The number of aromatic hydroxyl groups is 4. The Bertz CT molecular complexity index is 1790. The van der Waals surface area contributed by atoms with Gasteiger partial charge < -0.3 is 40.6 Å². The van der Waals surface area contributed by atoms with Gasteiger partial charge in [-0.15, -0.1) is 0 Å². The Hall–Kier alpha value is -6.04. The third kappa shape index (κ3) is 5.04. The zero-order chi connectivity index (χ0) is 28.6. The number of hydrogen-bond acceptors (Lipinski definition) is 8. The van der Waals surface area contributed by atoms with Crippen LogP contribution in [0.25, 0.3) is 44.8 Å². The number of phenols is 4. The molecule has 0 bridgehead atoms. The Morgan fingerprint density at radius 3 is 1.30 bits per heavy atom. The number of benzene rings is 4. The van der Waals surface area contributed by atoms with Crippen LogP contribution in [0.1, 0.15) is 20.7 Å². The van der Waals surface area contributed by atoms with Gasteiger partial charge in [0.25, 0.3) is 0 Å². The number of aromatic carboxylic acids is 2. The molecule has 12 heteroatoms. The largest absolute Gasteiger partial charge is 0.508 e. The van der Waals surface area contributed by atoms with Crippen molar-refractivity contribution < 1.29 is 40.2 Å². The van der Waals surface area contributed by atoms with Gasteiger partial charge in [-0.3, -0.25) is 0 Å². The first-order valence-corrected chi connectivity index (χ1v) is 11.6. The van der Waals surface area contributed by atoms with E-state index >= 15 is 0 Å². The van der Waals surface area contributed by atoms with Crippen LogP contribution in [0.3, 0.4) is 0 Å². The molecule has 6 rings (SSSR count). The Labute approximate surface area is 224 Å². The topological polar surface area (TPSA) is 213 Å². The molecule has 8 N–H and O–H groups in total. The minimum atomic E-state index is -1.02. The monoisotopic (exact) mass is 540 g/mol. The maximum Gasteiger partial charge on any atom is 0.335 e. The number of hydrogen-bond donors (Lipinski definition) is 8. The summed E-state index contributed by atoms with van der Waals surface area (Å²) in [4.78, 5) is 36.3. The number of rotatable bonds is 4. The molecule has 0 unspecified atom stereocenters. The molecule has 0 saturated carbocycles. The van der Waals surface area contributed by atoms with Gasteiger partial charge in [0.15, 0.2) is 0 Å². The lowest BCUT2D eigenvalue weighted by Crippen LogP contribution is -1.94. The van der Waals surface area contributed by atoms with Crippen molar-refractivity contribution in [3.63, 3.8) is 0 Å². The molecule has 2 aromatic heterocycles. The van der Waals surface area contributed by atoms with E-state index in [1.165, 1.54) is 60.7 Å². The van der Waals surface area contributed by atoms with E-state index in [2.05, 4.69) is 19.9 Å². The summed E-state index contributed by atoms with van der Waals surface area (Å²) in [6, 6.07) is 17.4. The predicted molar refractivity (Wildman–Crippen MR) is 144 cm³/mol. The Morgan fingerprint density at radius 1 is 0.550 bits per heavy atom. The van der Waals surface area contributed by atoms with Crippen molar-refractivity contribution in [2.45, 2.75) is 0 Å². The summed E-state index contributed by atoms with van der Waals surface area (Å²) >= 11 is 0. The van der Waals surface area contributed by atoms with Crippen molar-refractivity contribution in [3.8, 4) is 45.8 Å². The highest BCUT2D eigenvalue weighted by Crippen LogP contribution is 2.32. The lowest BCUT2D eigenvalue weighted by molar-refractivity contribution is 0.0686. The van der Waals surface area contributed by atoms with Crippen molar-refractivity contribution in [2.24, 2.45) is 0 Å². The minimum Gasteiger partial charge on any atom is -0.508 e. The highest BCUT2D eigenvalue weighted by molar-refractivity contribution is 5.94. The van der Waals surface area contributed by atoms with E-state index in [4.69, 9.17) is 10.2 Å². The van der Waals surface area contributed by atoms with E-state index in [9.17, 15) is 30.0 Å². The molecule has 0 aliphatic heterocycles. The average Bonchev–Trinajstić information content (AvgIpc) is 3.52. The summed E-state index contributed by atoms with van der Waals surface area (Å²) in [7, 11) is 0. The smallest absolute Gasteiger partial charge is 0.335 e. The van der Waals surface area contributed by atoms with Crippen LogP contribution in [0, 0.1) is 0 Å². The molecule has 6 aromatic rings. The van der Waals surface area contributed by atoms with Gasteiger partial charge in [0, 0.05) is 12.1 Å². The van der Waals surface area contributed by atoms with Gasteiger partial charge in [-0.2, -0.15) is 0 Å². The zero-order valence-corrected chi connectivity index (χ0v) is 20.3. The van der Waals surface area contributed by atoms with E-state index in [1.807, 2.05) is 0 Å². The van der Waals surface area contributed by atoms with Crippen LogP contribution < -0.4 is 0 Å². The lowest BCUT2D eigenvalue weighted by Gasteiger charge is -2.01. The number of nitrogens with one attached hydrogen (secondary N) is 2. The molecule has 2 heterocycles. The highest BCUT2D eigenvalue weighted by atomic mass is 16.4. The van der Waals surface area contributed by atoms with Gasteiger partial charge in [0.2, 0.25) is 0 Å². The fourth-order valence-electron chi connectivity index (χ4n) is 3.98. The molecular formula is C28H20N4O8. The maximum absolute atomic E-state index is 10.9. The SMILES string of the molecule is O=C(O)c1ccc2nc(-c3ccc(O)cc3O)[nH]c2c1.O=C(O)c1ccc2nc(-c3ccc(O)cc3O)[nH]c2c1. The third-order valence-corrected chi connectivity index (χ3v) is 5.93. The van der Waals surface area contributed by atoms with Crippen molar-refractivity contribution in [1.82, 2.24) is 19.9 Å². The molecule has 0 atom stereocenters. The summed E-state index contributed by atoms with van der Waals surface area (Å²) in [6.45, 7) is 0. The lowest BCUT2D eigenvalue weighted by atomic mass is 10.2. The standard InChI is InChI=1S/2C14H10N2O4/c2*17-8-2-3-9(12(18)6-8)13-15-10-4-1-7(14(19)20)5-11(10)16-13/h2*1-6,17-18H,(H,15,16)(H,19,20). The molecule has 12 nitrogen and oxygen atoms in total. The summed E-state index contributed by atoms with van der Waals surface area (Å²) in [6.07, 6.45) is 0. The highest BCUT2D eigenvalue weighted by Gasteiger charge is 2.13. The van der Waals surface area contributed by atoms with Crippen molar-refractivity contribution in [2.75, 3.05) is 0 Å². The first kappa shape index (κ1) is 25.6. The van der Waals surface area contributed by atoms with E-state index in [-0.39, 0.29) is 34.1 Å². The first-order chi connectivity index (χ1) is 19.1. The summed E-state index contributed by atoms with van der Waals surface area (Å²) in [5, 5.41) is 56.0. The van der Waals surface area contributed by atoms with Gasteiger partial charge in [0.05, 0.1) is 44.3 Å². The molecular weight excluding hydrogens is 520 g/mol. The fourth-order valence-corrected chi connectivity index (χ4v) is 3.98. The molecule has 0 amide bonds. The molecule has 0 radical (unpaired) electrons. The van der Waals surface area contributed by atoms with Gasteiger partial charge >= 0.3 is 11.9 Å². The van der Waals surface area contributed by atoms with Gasteiger partial charge in [-0.05, 0) is 60.7 Å². The Morgan fingerprint density at radius 2 is 0.950 bits per heavy atom. The molecule has 4 aromatic carbocycles. The summed E-state index contributed by atoms with van der Waals surface area (Å²) < 4.78 is 0. The van der Waals surface area contributed by atoms with E-state index in [0.29, 0.717) is 44.8 Å². The normalized spacial score (nSPS) is 10.8. The van der Waals surface area contributed by atoms with E-state index in [0.717, 1.165) is 0 Å². The van der Waals surface area contributed by atoms with Crippen LogP contribution in [-0.4, -0.2) is 62.5 Å². The van der Waals surface area contributed by atoms with Gasteiger partial charge in [-0.25, -0.2) is 19.6 Å². The van der Waals surface area contributed by atoms with Gasteiger partial charge in [0.1, 0.15) is 34.6 Å². The predicted octanol–water partition coefficient (Wildman–Crippen LogP) is 4.68. The number of fused-ring (bicyclic) bond motifs is 2. The second kappa shape index (κ2) is 10.0. The number of nitrogens with zero attached hydrogens (tertiary/aromatic N) is 2. The van der Waals surface area contributed by atoms with Crippen LogP contribution >= 0.6 is 0 Å². The van der Waals surface area contributed by atoms with Crippen LogP contribution in [0.4, 0.5) is 0 Å². The van der Waals surface area contributed by atoms with E-state index in [1.54, 1.807) is 12.1 Å². The molecule has 40 heavy (non-hydrogen) atoms. The second-order valence-electron chi connectivity index (χ2n) is 8.65. The van der Waals surface area contributed by atoms with Crippen LogP contribution in [-0.2, 0) is 0 Å². The number of H-pyrrole nitrogens is 2. The molecule has 200 valence electrons. The van der Waals surface area contributed by atoms with Crippen molar-refractivity contribution in [3.05, 3.63) is 83.9 Å². The number of carboxylic acid groups (broad SMARTS) is 2. The summed E-state index contributed by atoms with van der Waals surface area (Å²) in [5.41, 5.74) is 3.48. The molecule has 0 spiro atoms. The van der Waals surface area contributed by atoms with Gasteiger partial charge in [-0.1, -0.05) is 0 Å². The average molecular weight is 540 g/mol. The number of aromatic amines is 2. The number of carbonyl (C=O) groups is 2. The number of imidazole rings is 2. The number of phenolic OH excluding ortho intramolecular Hbond substituents is 4. The van der Waals surface area contributed by atoms with Crippen LogP contribution in [0.5, 0.6) is 23.0 Å². The number of aromatic nitrogens is 4. The summed E-state index contributed by atoms with van der Waals surface area (Å²) in [5.74, 6) is -1.54. The maximum atomic E-state index is 10.9. The Kier molecular flexibility index (Phi) is 6.41.